The molecule has 2 aromatic rings. The zero-order chi connectivity index (χ0) is 13.9. The fourth-order valence-corrected chi connectivity index (χ4v) is 1.84. The van der Waals surface area contributed by atoms with E-state index in [1.54, 1.807) is 6.92 Å². The Morgan fingerprint density at radius 2 is 2.21 bits per heavy atom. The summed E-state index contributed by atoms with van der Waals surface area (Å²) in [6.45, 7) is 3.85. The second-order valence-electron chi connectivity index (χ2n) is 5.15. The summed E-state index contributed by atoms with van der Waals surface area (Å²) in [4.78, 5) is 4.28. The highest BCUT2D eigenvalue weighted by atomic mass is 16.5. The van der Waals surface area contributed by atoms with Crippen LogP contribution in [0.3, 0.4) is 0 Å². The molecule has 1 atom stereocenters. The van der Waals surface area contributed by atoms with Crippen molar-refractivity contribution in [2.75, 3.05) is 6.54 Å². The van der Waals surface area contributed by atoms with Crippen molar-refractivity contribution >= 4 is 0 Å². The van der Waals surface area contributed by atoms with E-state index in [1.165, 1.54) is 5.56 Å². The van der Waals surface area contributed by atoms with Gasteiger partial charge in [0.05, 0.1) is 12.0 Å². The monoisotopic (exact) mass is 261 g/mol. The van der Waals surface area contributed by atoms with Crippen LogP contribution in [0, 0.1) is 6.92 Å². The molecule has 5 heteroatoms. The lowest BCUT2D eigenvalue weighted by Gasteiger charge is -2.17. The van der Waals surface area contributed by atoms with Crippen molar-refractivity contribution in [2.24, 2.45) is 5.73 Å². The Labute approximate surface area is 112 Å². The number of aliphatic hydroxyl groups is 1. The molecule has 1 aromatic carbocycles. The van der Waals surface area contributed by atoms with E-state index in [0.717, 1.165) is 5.56 Å². The van der Waals surface area contributed by atoms with Crippen LogP contribution in [0.4, 0.5) is 0 Å². The lowest BCUT2D eigenvalue weighted by atomic mass is 10.0. The third kappa shape index (κ3) is 3.87. The quantitative estimate of drug-likeness (QED) is 0.845. The average molecular weight is 261 g/mol. The normalized spacial score (nSPS) is 14.3. The first-order valence-electron chi connectivity index (χ1n) is 6.28. The van der Waals surface area contributed by atoms with Crippen LogP contribution in [0.25, 0.3) is 0 Å². The summed E-state index contributed by atoms with van der Waals surface area (Å²) in [6.07, 6.45) is 0.889. The second kappa shape index (κ2) is 5.50. The van der Waals surface area contributed by atoms with Crippen LogP contribution < -0.4 is 5.73 Å². The van der Waals surface area contributed by atoms with Gasteiger partial charge >= 0.3 is 0 Å². The van der Waals surface area contributed by atoms with Gasteiger partial charge in [0.1, 0.15) is 0 Å². The number of aryl methyl sites for hydroxylation is 1. The third-order valence-electron chi connectivity index (χ3n) is 2.93. The van der Waals surface area contributed by atoms with Gasteiger partial charge in [-0.25, -0.2) is 0 Å². The fraction of sp³-hybridized carbons (Fsp3) is 0.429. The van der Waals surface area contributed by atoms with Gasteiger partial charge < -0.3 is 15.4 Å². The van der Waals surface area contributed by atoms with Gasteiger partial charge in [-0.2, -0.15) is 4.98 Å². The minimum Gasteiger partial charge on any atom is -0.388 e. The number of hydrogen-bond acceptors (Lipinski definition) is 5. The highest BCUT2D eigenvalue weighted by Gasteiger charge is 2.22. The molecule has 102 valence electrons. The minimum atomic E-state index is -1.01. The molecule has 0 aliphatic rings. The van der Waals surface area contributed by atoms with Crippen molar-refractivity contribution in [1.82, 2.24) is 10.1 Å². The van der Waals surface area contributed by atoms with Crippen LogP contribution >= 0.6 is 0 Å². The Morgan fingerprint density at radius 1 is 1.42 bits per heavy atom. The largest absolute Gasteiger partial charge is 0.388 e. The standard InChI is InChI=1S/C14H19N3O2/c1-10-4-3-5-11(6-10)7-12-16-13(19-17-12)8-14(2,18)9-15/h3-6,18H,7-9,15H2,1-2H3. The van der Waals surface area contributed by atoms with Crippen LogP contribution in [-0.2, 0) is 12.8 Å². The van der Waals surface area contributed by atoms with Crippen LogP contribution in [0.5, 0.6) is 0 Å². The van der Waals surface area contributed by atoms with Crippen molar-refractivity contribution in [3.63, 3.8) is 0 Å². The summed E-state index contributed by atoms with van der Waals surface area (Å²) in [5.74, 6) is 1.03. The van der Waals surface area contributed by atoms with Gasteiger partial charge in [0.25, 0.3) is 0 Å². The lowest BCUT2D eigenvalue weighted by molar-refractivity contribution is 0.0610. The molecule has 0 aliphatic heterocycles. The smallest absolute Gasteiger partial charge is 0.229 e. The Hall–Kier alpha value is -1.72. The van der Waals surface area contributed by atoms with Gasteiger partial charge in [0.15, 0.2) is 5.82 Å². The summed E-state index contributed by atoms with van der Waals surface area (Å²) in [7, 11) is 0. The van der Waals surface area contributed by atoms with Gasteiger partial charge in [-0.15, -0.1) is 0 Å². The van der Waals surface area contributed by atoms with Gasteiger partial charge in [-0.1, -0.05) is 35.0 Å². The van der Waals surface area contributed by atoms with Crippen molar-refractivity contribution in [3.05, 3.63) is 47.1 Å². The maximum atomic E-state index is 9.86. The first-order valence-corrected chi connectivity index (χ1v) is 6.28. The highest BCUT2D eigenvalue weighted by Crippen LogP contribution is 2.13. The summed E-state index contributed by atoms with van der Waals surface area (Å²) < 4.78 is 5.13. The SMILES string of the molecule is Cc1cccc(Cc2noc(CC(C)(O)CN)n2)c1. The van der Waals surface area contributed by atoms with E-state index in [2.05, 4.69) is 16.2 Å². The zero-order valence-electron chi connectivity index (χ0n) is 11.3. The number of benzene rings is 1. The molecule has 2 rings (SSSR count). The zero-order valence-corrected chi connectivity index (χ0v) is 11.3. The Kier molecular flexibility index (Phi) is 3.97. The van der Waals surface area contributed by atoms with Crippen LogP contribution in [-0.4, -0.2) is 27.4 Å². The molecule has 0 amide bonds. The van der Waals surface area contributed by atoms with Crippen LogP contribution in [0.2, 0.25) is 0 Å². The molecule has 0 radical (unpaired) electrons. The van der Waals surface area contributed by atoms with Crippen molar-refractivity contribution < 1.29 is 9.63 Å². The summed E-state index contributed by atoms with van der Waals surface area (Å²) >= 11 is 0. The van der Waals surface area contributed by atoms with Crippen LogP contribution in [0.15, 0.2) is 28.8 Å². The van der Waals surface area contributed by atoms with Gasteiger partial charge in [0, 0.05) is 13.0 Å². The molecule has 0 saturated heterocycles. The van der Waals surface area contributed by atoms with E-state index in [9.17, 15) is 5.11 Å². The van der Waals surface area contributed by atoms with Crippen molar-refractivity contribution in [2.45, 2.75) is 32.3 Å². The topological polar surface area (TPSA) is 85.2 Å². The predicted molar refractivity (Wildman–Crippen MR) is 71.7 cm³/mol. The van der Waals surface area contributed by atoms with Gasteiger partial charge in [-0.05, 0) is 19.4 Å². The molecular formula is C14H19N3O2. The number of nitrogens with zero attached hydrogens (tertiary/aromatic N) is 2. The van der Waals surface area contributed by atoms with Gasteiger partial charge in [0.2, 0.25) is 5.89 Å². The van der Waals surface area contributed by atoms with Gasteiger partial charge in [-0.3, -0.25) is 0 Å². The van der Waals surface area contributed by atoms with E-state index >= 15 is 0 Å². The number of rotatable bonds is 5. The molecular weight excluding hydrogens is 242 g/mol. The number of aromatic nitrogens is 2. The molecule has 1 unspecified atom stereocenters. The first kappa shape index (κ1) is 13.7. The molecule has 1 aromatic heterocycles. The molecule has 3 N–H and O–H groups in total. The Bertz CT molecular complexity index is 549. The average Bonchev–Trinajstić information content (AvgIpc) is 2.76. The minimum absolute atomic E-state index is 0.155. The number of hydrogen-bond donors (Lipinski definition) is 2. The van der Waals surface area contributed by atoms with E-state index < -0.39 is 5.60 Å². The lowest BCUT2D eigenvalue weighted by Crippen LogP contribution is -2.36. The van der Waals surface area contributed by atoms with Crippen molar-refractivity contribution in [3.8, 4) is 0 Å². The highest BCUT2D eigenvalue weighted by molar-refractivity contribution is 5.24. The Balaban J connectivity index is 2.05. The molecule has 0 bridgehead atoms. The van der Waals surface area contributed by atoms with Crippen molar-refractivity contribution in [1.29, 1.82) is 0 Å². The van der Waals surface area contributed by atoms with E-state index in [-0.39, 0.29) is 13.0 Å². The summed E-state index contributed by atoms with van der Waals surface area (Å²) in [5, 5.41) is 13.8. The summed E-state index contributed by atoms with van der Waals surface area (Å²) in [5.41, 5.74) is 6.79. The number of nitrogens with two attached hydrogens (primary N) is 1. The summed E-state index contributed by atoms with van der Waals surface area (Å²) in [6, 6.07) is 8.17. The fourth-order valence-electron chi connectivity index (χ4n) is 1.84. The molecule has 0 aliphatic carbocycles. The van der Waals surface area contributed by atoms with E-state index in [1.807, 2.05) is 25.1 Å². The molecule has 1 heterocycles. The first-order chi connectivity index (χ1) is 8.98. The third-order valence-corrected chi connectivity index (χ3v) is 2.93. The molecule has 5 nitrogen and oxygen atoms in total. The molecule has 0 spiro atoms. The molecule has 19 heavy (non-hydrogen) atoms. The predicted octanol–water partition coefficient (Wildman–Crippen LogP) is 1.22. The Morgan fingerprint density at radius 3 is 2.89 bits per heavy atom. The van der Waals surface area contributed by atoms with E-state index in [0.29, 0.717) is 18.1 Å². The second-order valence-corrected chi connectivity index (χ2v) is 5.15. The van der Waals surface area contributed by atoms with Crippen LogP contribution in [0.1, 0.15) is 29.8 Å². The maximum absolute atomic E-state index is 9.86. The van der Waals surface area contributed by atoms with E-state index in [4.69, 9.17) is 10.3 Å². The maximum Gasteiger partial charge on any atom is 0.229 e. The molecule has 0 saturated carbocycles. The molecule has 0 fully saturated rings.